The number of ether oxygens (including phenoxy) is 1. The maximum atomic E-state index is 12.6. The first-order valence-electron chi connectivity index (χ1n) is 11.2. The van der Waals surface area contributed by atoms with E-state index in [1.807, 2.05) is 50.2 Å². The van der Waals surface area contributed by atoms with Crippen molar-refractivity contribution in [2.75, 3.05) is 13.2 Å². The Morgan fingerprint density at radius 3 is 2.24 bits per heavy atom. The highest BCUT2D eigenvalue weighted by molar-refractivity contribution is 5.86. The van der Waals surface area contributed by atoms with Gasteiger partial charge in [0.05, 0.1) is 0 Å². The van der Waals surface area contributed by atoms with Crippen molar-refractivity contribution in [1.82, 2.24) is 10.6 Å². The Morgan fingerprint density at radius 2 is 1.67 bits per heavy atom. The van der Waals surface area contributed by atoms with E-state index >= 15 is 0 Å². The zero-order chi connectivity index (χ0) is 23.8. The molecule has 2 aromatic rings. The Bertz CT molecular complexity index is 987. The van der Waals surface area contributed by atoms with Crippen LogP contribution in [0.25, 0.3) is 11.1 Å². The maximum absolute atomic E-state index is 12.6. The molecule has 0 aliphatic heterocycles. The lowest BCUT2D eigenvalue weighted by Gasteiger charge is -2.21. The number of aliphatic carboxylic acids is 1. The van der Waals surface area contributed by atoms with Crippen molar-refractivity contribution in [2.45, 2.75) is 38.6 Å². The number of nitrogens with one attached hydrogen (secondary N) is 2. The second-order valence-corrected chi connectivity index (χ2v) is 8.26. The van der Waals surface area contributed by atoms with Crippen LogP contribution in [0.5, 0.6) is 0 Å². The molecular weight excluding hydrogens is 420 g/mol. The summed E-state index contributed by atoms with van der Waals surface area (Å²) in [6.45, 7) is 4.25. The molecular formula is C26H30N2O5. The molecule has 7 heteroatoms. The van der Waals surface area contributed by atoms with Crippen LogP contribution in [-0.2, 0) is 14.3 Å². The summed E-state index contributed by atoms with van der Waals surface area (Å²) in [5.41, 5.74) is 4.52. The molecule has 7 nitrogen and oxygen atoms in total. The van der Waals surface area contributed by atoms with Crippen LogP contribution >= 0.6 is 0 Å². The Labute approximate surface area is 193 Å². The molecule has 0 radical (unpaired) electrons. The summed E-state index contributed by atoms with van der Waals surface area (Å²) in [6, 6.07) is 15.4. The Balaban J connectivity index is 1.63. The van der Waals surface area contributed by atoms with Crippen molar-refractivity contribution in [2.24, 2.45) is 5.92 Å². The number of carboxylic acid groups (broad SMARTS) is 1. The van der Waals surface area contributed by atoms with E-state index in [1.165, 1.54) is 6.08 Å². The third-order valence-corrected chi connectivity index (χ3v) is 5.94. The van der Waals surface area contributed by atoms with Gasteiger partial charge in [0.1, 0.15) is 12.6 Å². The fourth-order valence-corrected chi connectivity index (χ4v) is 4.03. The van der Waals surface area contributed by atoms with Gasteiger partial charge in [-0.3, -0.25) is 4.79 Å². The quantitative estimate of drug-likeness (QED) is 0.473. The van der Waals surface area contributed by atoms with E-state index in [1.54, 1.807) is 0 Å². The SMILES string of the molecule is CCC(C)CC(NC(=O)OCC1c2ccccc2-c2ccccc21)C(=O)NC/C=C\C(=O)O. The molecule has 0 spiro atoms. The molecule has 3 rings (SSSR count). The van der Waals surface area contributed by atoms with E-state index in [9.17, 15) is 14.4 Å². The molecule has 0 heterocycles. The second-order valence-electron chi connectivity index (χ2n) is 8.26. The summed E-state index contributed by atoms with van der Waals surface area (Å²) in [7, 11) is 0. The van der Waals surface area contributed by atoms with E-state index in [0.717, 1.165) is 34.8 Å². The van der Waals surface area contributed by atoms with Gasteiger partial charge in [0, 0.05) is 18.5 Å². The van der Waals surface area contributed by atoms with Gasteiger partial charge in [-0.2, -0.15) is 0 Å². The molecule has 0 saturated heterocycles. The molecule has 2 unspecified atom stereocenters. The number of amides is 2. The van der Waals surface area contributed by atoms with Crippen LogP contribution in [0.3, 0.4) is 0 Å². The monoisotopic (exact) mass is 450 g/mol. The summed E-state index contributed by atoms with van der Waals surface area (Å²) in [5, 5.41) is 14.0. The third kappa shape index (κ3) is 6.22. The second kappa shape index (κ2) is 11.3. The topological polar surface area (TPSA) is 105 Å². The molecule has 1 aliphatic rings. The minimum absolute atomic E-state index is 0.0638. The lowest BCUT2D eigenvalue weighted by molar-refractivity contribution is -0.131. The number of hydrogen-bond acceptors (Lipinski definition) is 4. The molecule has 0 bridgehead atoms. The van der Waals surface area contributed by atoms with Crippen LogP contribution in [0.15, 0.2) is 60.7 Å². The normalized spacial score (nSPS) is 14.2. The number of rotatable bonds is 10. The van der Waals surface area contributed by atoms with Crippen molar-refractivity contribution in [3.63, 3.8) is 0 Å². The molecule has 0 aromatic heterocycles. The van der Waals surface area contributed by atoms with Crippen LogP contribution in [-0.4, -0.2) is 42.3 Å². The summed E-state index contributed by atoms with van der Waals surface area (Å²) >= 11 is 0. The fourth-order valence-electron chi connectivity index (χ4n) is 4.03. The smallest absolute Gasteiger partial charge is 0.407 e. The van der Waals surface area contributed by atoms with Crippen molar-refractivity contribution in [3.05, 3.63) is 71.8 Å². The zero-order valence-electron chi connectivity index (χ0n) is 18.9. The number of carboxylic acids is 1. The number of alkyl carbamates (subject to hydrolysis) is 1. The molecule has 3 N–H and O–H groups in total. The van der Waals surface area contributed by atoms with Gasteiger partial charge < -0.3 is 20.5 Å². The zero-order valence-corrected chi connectivity index (χ0v) is 18.9. The average Bonchev–Trinajstić information content (AvgIpc) is 3.13. The Morgan fingerprint density at radius 1 is 1.06 bits per heavy atom. The van der Waals surface area contributed by atoms with E-state index in [0.29, 0.717) is 6.42 Å². The Hall–Kier alpha value is -3.61. The largest absolute Gasteiger partial charge is 0.478 e. The van der Waals surface area contributed by atoms with Crippen molar-refractivity contribution < 1.29 is 24.2 Å². The van der Waals surface area contributed by atoms with Gasteiger partial charge in [-0.1, -0.05) is 74.9 Å². The van der Waals surface area contributed by atoms with Gasteiger partial charge in [-0.15, -0.1) is 0 Å². The molecule has 0 fully saturated rings. The highest BCUT2D eigenvalue weighted by Crippen LogP contribution is 2.44. The minimum atomic E-state index is -1.09. The highest BCUT2D eigenvalue weighted by Gasteiger charge is 2.30. The van der Waals surface area contributed by atoms with E-state index in [2.05, 4.69) is 22.8 Å². The van der Waals surface area contributed by atoms with E-state index in [-0.39, 0.29) is 30.9 Å². The first kappa shape index (κ1) is 24.0. The maximum Gasteiger partial charge on any atom is 0.407 e. The van der Waals surface area contributed by atoms with Gasteiger partial charge in [-0.25, -0.2) is 9.59 Å². The summed E-state index contributed by atoms with van der Waals surface area (Å²) in [6.07, 6.45) is 2.96. The van der Waals surface area contributed by atoms with Crippen molar-refractivity contribution in [3.8, 4) is 11.1 Å². The molecule has 33 heavy (non-hydrogen) atoms. The van der Waals surface area contributed by atoms with Gasteiger partial charge in [-0.05, 0) is 34.6 Å². The van der Waals surface area contributed by atoms with E-state index in [4.69, 9.17) is 9.84 Å². The van der Waals surface area contributed by atoms with Gasteiger partial charge >= 0.3 is 12.1 Å². The average molecular weight is 451 g/mol. The summed E-state index contributed by atoms with van der Waals surface area (Å²) in [4.78, 5) is 35.8. The minimum Gasteiger partial charge on any atom is -0.478 e. The molecule has 0 saturated carbocycles. The Kier molecular flexibility index (Phi) is 8.24. The number of carbonyl (C=O) groups is 3. The first-order chi connectivity index (χ1) is 15.9. The number of benzene rings is 2. The molecule has 1 aliphatic carbocycles. The van der Waals surface area contributed by atoms with E-state index < -0.39 is 18.1 Å². The standard InChI is InChI=1S/C26H30N2O5/c1-3-17(2)15-23(25(31)27-14-8-13-24(29)30)28-26(32)33-16-22-20-11-6-4-9-18(20)19-10-5-7-12-21(19)22/h4-13,17,22-23H,3,14-16H2,1-2H3,(H,27,31)(H,28,32)(H,29,30)/b13-8-. The lowest BCUT2D eigenvalue weighted by atomic mass is 9.98. The van der Waals surface area contributed by atoms with Crippen molar-refractivity contribution >= 4 is 18.0 Å². The van der Waals surface area contributed by atoms with Crippen LogP contribution in [0.4, 0.5) is 4.79 Å². The molecule has 2 amide bonds. The summed E-state index contributed by atoms with van der Waals surface area (Å²) in [5.74, 6) is -1.31. The van der Waals surface area contributed by atoms with Crippen LogP contribution < -0.4 is 10.6 Å². The number of fused-ring (bicyclic) bond motifs is 3. The lowest BCUT2D eigenvalue weighted by Crippen LogP contribution is -2.48. The molecule has 2 atom stereocenters. The van der Waals surface area contributed by atoms with Gasteiger partial charge in [0.2, 0.25) is 5.91 Å². The fraction of sp³-hybridized carbons (Fsp3) is 0.346. The first-order valence-corrected chi connectivity index (χ1v) is 11.2. The molecule has 2 aromatic carbocycles. The number of hydrogen-bond donors (Lipinski definition) is 3. The summed E-state index contributed by atoms with van der Waals surface area (Å²) < 4.78 is 5.57. The highest BCUT2D eigenvalue weighted by atomic mass is 16.5. The van der Waals surface area contributed by atoms with Crippen LogP contribution in [0.1, 0.15) is 43.7 Å². The number of carbonyl (C=O) groups excluding carboxylic acids is 2. The van der Waals surface area contributed by atoms with Gasteiger partial charge in [0.25, 0.3) is 0 Å². The van der Waals surface area contributed by atoms with Crippen LogP contribution in [0, 0.1) is 5.92 Å². The van der Waals surface area contributed by atoms with Crippen LogP contribution in [0.2, 0.25) is 0 Å². The molecule has 174 valence electrons. The third-order valence-electron chi connectivity index (χ3n) is 5.94. The predicted octanol–water partition coefficient (Wildman–Crippen LogP) is 4.09. The van der Waals surface area contributed by atoms with Crippen molar-refractivity contribution in [1.29, 1.82) is 0 Å². The van der Waals surface area contributed by atoms with Gasteiger partial charge in [0.15, 0.2) is 0 Å². The predicted molar refractivity (Wildman–Crippen MR) is 126 cm³/mol.